The zero-order valence-corrected chi connectivity index (χ0v) is 10.8. The summed E-state index contributed by atoms with van der Waals surface area (Å²) in [5, 5.41) is 0. The molecule has 0 aromatic rings. The second-order valence-corrected chi connectivity index (χ2v) is 5.51. The minimum Gasteiger partial charge on any atom is -0.148 e. The second kappa shape index (κ2) is 5.09. The molecule has 1 heteroatoms. The maximum absolute atomic E-state index is 4.38. The molecule has 0 amide bonds. The Balaban J connectivity index is 4.42. The normalized spacial score (nSPS) is 16.8. The smallest absolute Gasteiger partial charge is 0.0226 e. The molecule has 13 heavy (non-hydrogen) atoms. The lowest BCUT2D eigenvalue weighted by molar-refractivity contribution is 0.222. The molecule has 0 spiro atoms. The predicted octanol–water partition coefficient (Wildman–Crippen LogP) is 4.67. The van der Waals surface area contributed by atoms with Crippen LogP contribution in [0.25, 0.3) is 0 Å². The summed E-state index contributed by atoms with van der Waals surface area (Å²) in [5.41, 5.74) is 1.83. The third kappa shape index (κ3) is 4.21. The third-order valence-corrected chi connectivity index (χ3v) is 3.67. The van der Waals surface area contributed by atoms with E-state index in [0.717, 1.165) is 12.3 Å². The van der Waals surface area contributed by atoms with Crippen molar-refractivity contribution in [1.82, 2.24) is 0 Å². The largest absolute Gasteiger partial charge is 0.148 e. The van der Waals surface area contributed by atoms with Crippen LogP contribution in [-0.4, -0.2) is 0 Å². The molecular weight excluding hydrogens is 176 g/mol. The zero-order valence-electron chi connectivity index (χ0n) is 9.94. The van der Waals surface area contributed by atoms with E-state index >= 15 is 0 Å². The third-order valence-electron chi connectivity index (χ3n) is 3.28. The monoisotopic (exact) mass is 200 g/mol. The SMILES string of the molecule is CCC(C)C(C)(C)C/C(C)=C(\C)S. The van der Waals surface area contributed by atoms with Gasteiger partial charge in [-0.1, -0.05) is 39.7 Å². The van der Waals surface area contributed by atoms with Gasteiger partial charge in [-0.2, -0.15) is 0 Å². The summed E-state index contributed by atoms with van der Waals surface area (Å²) in [6.07, 6.45) is 2.42. The van der Waals surface area contributed by atoms with Gasteiger partial charge in [-0.3, -0.25) is 0 Å². The van der Waals surface area contributed by atoms with Gasteiger partial charge in [-0.05, 0) is 36.5 Å². The van der Waals surface area contributed by atoms with E-state index in [4.69, 9.17) is 0 Å². The molecule has 0 aliphatic carbocycles. The first kappa shape index (κ1) is 13.1. The number of allylic oxidation sites excluding steroid dienone is 2. The van der Waals surface area contributed by atoms with Crippen molar-refractivity contribution in [2.45, 2.75) is 54.4 Å². The van der Waals surface area contributed by atoms with Crippen LogP contribution < -0.4 is 0 Å². The first-order valence-corrected chi connectivity index (χ1v) is 5.61. The standard InChI is InChI=1S/C12H24S/c1-7-10(3)12(5,6)8-9(2)11(4)13/h10,13H,7-8H2,1-6H3/b11-9+. The highest BCUT2D eigenvalue weighted by Gasteiger charge is 2.24. The zero-order chi connectivity index (χ0) is 10.6. The fourth-order valence-corrected chi connectivity index (χ4v) is 1.62. The molecule has 0 radical (unpaired) electrons. The molecule has 0 saturated carbocycles. The Morgan fingerprint density at radius 1 is 1.31 bits per heavy atom. The number of thiol groups is 1. The Morgan fingerprint density at radius 3 is 2.08 bits per heavy atom. The van der Waals surface area contributed by atoms with Crippen LogP contribution in [0.4, 0.5) is 0 Å². The van der Waals surface area contributed by atoms with Gasteiger partial charge in [-0.25, -0.2) is 0 Å². The van der Waals surface area contributed by atoms with Gasteiger partial charge in [0, 0.05) is 0 Å². The molecule has 0 saturated heterocycles. The molecule has 0 aliphatic heterocycles. The number of hydrogen-bond donors (Lipinski definition) is 1. The minimum atomic E-state index is 0.406. The van der Waals surface area contributed by atoms with Crippen molar-refractivity contribution in [2.75, 3.05) is 0 Å². The van der Waals surface area contributed by atoms with Crippen LogP contribution in [-0.2, 0) is 0 Å². The van der Waals surface area contributed by atoms with Crippen LogP contribution >= 0.6 is 12.6 Å². The van der Waals surface area contributed by atoms with Crippen molar-refractivity contribution in [3.8, 4) is 0 Å². The quantitative estimate of drug-likeness (QED) is 0.626. The summed E-state index contributed by atoms with van der Waals surface area (Å²) in [6.45, 7) is 13.6. The number of rotatable bonds is 4. The average molecular weight is 200 g/mol. The van der Waals surface area contributed by atoms with E-state index in [0.29, 0.717) is 5.41 Å². The minimum absolute atomic E-state index is 0.406. The first-order chi connectivity index (χ1) is 5.81. The van der Waals surface area contributed by atoms with E-state index in [-0.39, 0.29) is 0 Å². The highest BCUT2D eigenvalue weighted by atomic mass is 32.1. The molecular formula is C12H24S. The summed E-state index contributed by atoms with van der Waals surface area (Å²) in [5.74, 6) is 0.773. The van der Waals surface area contributed by atoms with Gasteiger partial charge in [0.15, 0.2) is 0 Å². The van der Waals surface area contributed by atoms with Crippen LogP contribution in [0.5, 0.6) is 0 Å². The molecule has 0 aliphatic rings. The molecule has 0 heterocycles. The summed E-state index contributed by atoms with van der Waals surface area (Å²) >= 11 is 4.38. The van der Waals surface area contributed by atoms with Gasteiger partial charge in [0.1, 0.15) is 0 Å². The maximum Gasteiger partial charge on any atom is -0.0226 e. The van der Waals surface area contributed by atoms with Crippen LogP contribution in [0.3, 0.4) is 0 Å². The molecule has 0 N–H and O–H groups in total. The molecule has 1 atom stereocenters. The maximum atomic E-state index is 4.38. The molecule has 0 bridgehead atoms. The van der Waals surface area contributed by atoms with Gasteiger partial charge in [0.25, 0.3) is 0 Å². The Bertz CT molecular complexity index is 185. The Labute approximate surface area is 89.2 Å². The van der Waals surface area contributed by atoms with E-state index in [1.165, 1.54) is 16.9 Å². The second-order valence-electron chi connectivity index (χ2n) is 4.84. The van der Waals surface area contributed by atoms with Crippen LogP contribution in [0.1, 0.15) is 54.4 Å². The molecule has 0 fully saturated rings. The first-order valence-electron chi connectivity index (χ1n) is 5.16. The van der Waals surface area contributed by atoms with E-state index in [1.807, 2.05) is 0 Å². The summed E-state index contributed by atoms with van der Waals surface area (Å²) in [7, 11) is 0. The lowest BCUT2D eigenvalue weighted by Gasteiger charge is -2.32. The predicted molar refractivity (Wildman–Crippen MR) is 65.2 cm³/mol. The number of hydrogen-bond acceptors (Lipinski definition) is 1. The van der Waals surface area contributed by atoms with Crippen LogP contribution in [0.2, 0.25) is 0 Å². The van der Waals surface area contributed by atoms with E-state index in [1.54, 1.807) is 0 Å². The highest BCUT2D eigenvalue weighted by Crippen LogP contribution is 2.36. The molecule has 0 nitrogen and oxygen atoms in total. The lowest BCUT2D eigenvalue weighted by atomic mass is 9.74. The van der Waals surface area contributed by atoms with E-state index in [2.05, 4.69) is 54.2 Å². The van der Waals surface area contributed by atoms with Gasteiger partial charge in [0.05, 0.1) is 0 Å². The van der Waals surface area contributed by atoms with Crippen molar-refractivity contribution in [3.05, 3.63) is 10.5 Å². The average Bonchev–Trinajstić information content (AvgIpc) is 2.01. The Morgan fingerprint density at radius 2 is 1.77 bits per heavy atom. The van der Waals surface area contributed by atoms with Gasteiger partial charge in [-0.15, -0.1) is 12.6 Å². The summed E-state index contributed by atoms with van der Waals surface area (Å²) in [6, 6.07) is 0. The van der Waals surface area contributed by atoms with E-state index < -0.39 is 0 Å². The van der Waals surface area contributed by atoms with Gasteiger partial charge >= 0.3 is 0 Å². The molecule has 0 aromatic carbocycles. The van der Waals surface area contributed by atoms with E-state index in [9.17, 15) is 0 Å². The van der Waals surface area contributed by atoms with Crippen molar-refractivity contribution in [1.29, 1.82) is 0 Å². The molecule has 1 unspecified atom stereocenters. The lowest BCUT2D eigenvalue weighted by Crippen LogP contribution is -2.21. The Kier molecular flexibility index (Phi) is 5.13. The molecule has 0 aromatic heterocycles. The van der Waals surface area contributed by atoms with Crippen LogP contribution in [0, 0.1) is 11.3 Å². The van der Waals surface area contributed by atoms with Gasteiger partial charge in [0.2, 0.25) is 0 Å². The van der Waals surface area contributed by atoms with Crippen molar-refractivity contribution in [3.63, 3.8) is 0 Å². The van der Waals surface area contributed by atoms with Crippen molar-refractivity contribution >= 4 is 12.6 Å². The molecule has 78 valence electrons. The molecule has 0 rings (SSSR count). The van der Waals surface area contributed by atoms with Crippen molar-refractivity contribution < 1.29 is 0 Å². The summed E-state index contributed by atoms with van der Waals surface area (Å²) < 4.78 is 0. The fraction of sp³-hybridized carbons (Fsp3) is 0.833. The highest BCUT2D eigenvalue weighted by molar-refractivity contribution is 7.84. The topological polar surface area (TPSA) is 0 Å². The fourth-order valence-electron chi connectivity index (χ4n) is 1.54. The van der Waals surface area contributed by atoms with Crippen LogP contribution in [0.15, 0.2) is 10.5 Å². The van der Waals surface area contributed by atoms with Crippen molar-refractivity contribution in [2.24, 2.45) is 11.3 Å². The Hall–Kier alpha value is 0.0900. The summed E-state index contributed by atoms with van der Waals surface area (Å²) in [4.78, 5) is 1.18. The van der Waals surface area contributed by atoms with Gasteiger partial charge < -0.3 is 0 Å².